The van der Waals surface area contributed by atoms with E-state index in [2.05, 4.69) is 5.32 Å². The lowest BCUT2D eigenvalue weighted by Crippen LogP contribution is -2.47. The van der Waals surface area contributed by atoms with E-state index in [0.29, 0.717) is 6.04 Å². The van der Waals surface area contributed by atoms with Crippen molar-refractivity contribution < 1.29 is 9.90 Å². The maximum absolute atomic E-state index is 12.2. The van der Waals surface area contributed by atoms with Crippen molar-refractivity contribution in [2.24, 2.45) is 0 Å². The van der Waals surface area contributed by atoms with E-state index in [4.69, 9.17) is 5.11 Å². The summed E-state index contributed by atoms with van der Waals surface area (Å²) in [5.74, 6) is 2.07. The van der Waals surface area contributed by atoms with E-state index >= 15 is 0 Å². The largest absolute Gasteiger partial charge is 0.396 e. The zero-order valence-electron chi connectivity index (χ0n) is 9.52. The van der Waals surface area contributed by atoms with Crippen LogP contribution in [0.5, 0.6) is 0 Å². The summed E-state index contributed by atoms with van der Waals surface area (Å²) in [6.07, 6.45) is 3.97. The predicted octanol–water partition coefficient (Wildman–Crippen LogP) is 0.412. The molecule has 0 bridgehead atoms. The third kappa shape index (κ3) is 2.70. The summed E-state index contributed by atoms with van der Waals surface area (Å²) >= 11 is 1.79. The number of aliphatic hydroxyl groups is 1. The van der Waals surface area contributed by atoms with Crippen LogP contribution < -0.4 is 5.32 Å². The van der Waals surface area contributed by atoms with Crippen LogP contribution in [0.25, 0.3) is 0 Å². The highest BCUT2D eigenvalue weighted by molar-refractivity contribution is 7.99. The van der Waals surface area contributed by atoms with Gasteiger partial charge < -0.3 is 10.0 Å². The quantitative estimate of drug-likeness (QED) is 0.752. The summed E-state index contributed by atoms with van der Waals surface area (Å²) in [5.41, 5.74) is 0. The van der Waals surface area contributed by atoms with Gasteiger partial charge in [-0.15, -0.1) is 11.8 Å². The normalized spacial score (nSPS) is 29.9. The minimum atomic E-state index is 0.0275. The molecule has 0 aliphatic carbocycles. The molecule has 5 heteroatoms. The second-order valence-corrected chi connectivity index (χ2v) is 5.50. The van der Waals surface area contributed by atoms with Crippen LogP contribution in [-0.2, 0) is 4.79 Å². The lowest BCUT2D eigenvalue weighted by atomic mass is 10.1. The van der Waals surface area contributed by atoms with Crippen LogP contribution in [0.4, 0.5) is 0 Å². The molecule has 0 aromatic heterocycles. The van der Waals surface area contributed by atoms with E-state index in [-0.39, 0.29) is 18.6 Å². The third-order valence-corrected chi connectivity index (χ3v) is 4.31. The van der Waals surface area contributed by atoms with Gasteiger partial charge in [-0.25, -0.2) is 0 Å². The predicted molar refractivity (Wildman–Crippen MR) is 65.3 cm³/mol. The lowest BCUT2D eigenvalue weighted by Gasteiger charge is -2.27. The van der Waals surface area contributed by atoms with Crippen molar-refractivity contribution in [2.45, 2.75) is 37.8 Å². The first-order valence-electron chi connectivity index (χ1n) is 6.05. The van der Waals surface area contributed by atoms with E-state index < -0.39 is 0 Å². The zero-order valence-corrected chi connectivity index (χ0v) is 10.3. The van der Waals surface area contributed by atoms with Crippen LogP contribution in [0.15, 0.2) is 0 Å². The van der Waals surface area contributed by atoms with Gasteiger partial charge in [0.1, 0.15) is 0 Å². The average Bonchev–Trinajstić information content (AvgIpc) is 2.96. The highest BCUT2D eigenvalue weighted by Gasteiger charge is 2.33. The van der Waals surface area contributed by atoms with E-state index in [1.165, 1.54) is 0 Å². The molecule has 2 N–H and O–H groups in total. The van der Waals surface area contributed by atoms with Crippen LogP contribution in [0, 0.1) is 0 Å². The Balaban J connectivity index is 1.88. The molecule has 0 saturated carbocycles. The van der Waals surface area contributed by atoms with Gasteiger partial charge in [0.15, 0.2) is 0 Å². The summed E-state index contributed by atoms with van der Waals surface area (Å²) < 4.78 is 0. The summed E-state index contributed by atoms with van der Waals surface area (Å²) in [6, 6.07) is 0.395. The second-order valence-electron chi connectivity index (χ2n) is 4.47. The van der Waals surface area contributed by atoms with Crippen molar-refractivity contribution in [1.82, 2.24) is 10.2 Å². The Morgan fingerprint density at radius 2 is 2.44 bits per heavy atom. The molecule has 0 spiro atoms. The number of aliphatic hydroxyl groups excluding tert-OH is 1. The third-order valence-electron chi connectivity index (χ3n) is 3.37. The maximum Gasteiger partial charge on any atom is 0.240 e. The van der Waals surface area contributed by atoms with Gasteiger partial charge in [-0.3, -0.25) is 10.1 Å². The van der Waals surface area contributed by atoms with E-state index in [0.717, 1.165) is 43.9 Å². The van der Waals surface area contributed by atoms with E-state index in [1.54, 1.807) is 11.8 Å². The van der Waals surface area contributed by atoms with Gasteiger partial charge in [0.05, 0.1) is 6.04 Å². The Hall–Kier alpha value is -0.260. The van der Waals surface area contributed by atoms with Gasteiger partial charge in [-0.2, -0.15) is 0 Å². The molecule has 2 heterocycles. The van der Waals surface area contributed by atoms with Crippen molar-refractivity contribution in [3.8, 4) is 0 Å². The Bertz CT molecular complexity index is 244. The number of nitrogens with one attached hydrogen (secondary N) is 1. The molecule has 16 heavy (non-hydrogen) atoms. The number of rotatable bonds is 4. The molecule has 2 aliphatic heterocycles. The number of amides is 1. The molecule has 1 amide bonds. The fraction of sp³-hybridized carbons (Fsp3) is 0.909. The highest BCUT2D eigenvalue weighted by atomic mass is 32.2. The van der Waals surface area contributed by atoms with Crippen molar-refractivity contribution in [1.29, 1.82) is 0 Å². The zero-order chi connectivity index (χ0) is 11.4. The summed E-state index contributed by atoms with van der Waals surface area (Å²) in [6.45, 7) is 1.13. The van der Waals surface area contributed by atoms with E-state index in [9.17, 15) is 4.79 Å². The first-order valence-corrected chi connectivity index (χ1v) is 7.21. The molecular formula is C11H20N2O2S. The molecule has 2 fully saturated rings. The molecule has 0 aromatic rings. The molecule has 0 radical (unpaired) electrons. The van der Waals surface area contributed by atoms with Gasteiger partial charge in [-0.1, -0.05) is 0 Å². The fourth-order valence-electron chi connectivity index (χ4n) is 2.51. The Kier molecular flexibility index (Phi) is 4.49. The monoisotopic (exact) mass is 244 g/mol. The molecule has 2 unspecified atom stereocenters. The van der Waals surface area contributed by atoms with Gasteiger partial charge in [0.2, 0.25) is 5.91 Å². The van der Waals surface area contributed by atoms with E-state index in [1.807, 2.05) is 4.90 Å². The molecular weight excluding hydrogens is 224 g/mol. The van der Waals surface area contributed by atoms with Crippen LogP contribution >= 0.6 is 11.8 Å². The first kappa shape index (κ1) is 12.2. The van der Waals surface area contributed by atoms with Crippen molar-refractivity contribution in [2.75, 3.05) is 24.8 Å². The minimum absolute atomic E-state index is 0.0275. The number of carbonyl (C=O) groups is 1. The summed E-state index contributed by atoms with van der Waals surface area (Å²) in [7, 11) is 0. The fourth-order valence-corrected chi connectivity index (χ4v) is 3.44. The van der Waals surface area contributed by atoms with Crippen LogP contribution in [0.2, 0.25) is 0 Å². The molecule has 2 atom stereocenters. The van der Waals surface area contributed by atoms with Gasteiger partial charge in [0.25, 0.3) is 0 Å². The number of thioether (sulfide) groups is 1. The summed E-state index contributed by atoms with van der Waals surface area (Å²) in [4.78, 5) is 14.2. The first-order chi connectivity index (χ1) is 7.83. The van der Waals surface area contributed by atoms with Gasteiger partial charge in [-0.05, 0) is 25.7 Å². The number of carbonyl (C=O) groups excluding carboxylic acids is 1. The molecule has 2 saturated heterocycles. The molecule has 2 aliphatic rings. The molecule has 92 valence electrons. The average molecular weight is 244 g/mol. The SMILES string of the molecule is O=C(C1CSCN1)N1CCCC1CCCO. The minimum Gasteiger partial charge on any atom is -0.396 e. The van der Waals surface area contributed by atoms with Gasteiger partial charge >= 0.3 is 0 Å². The molecule has 4 nitrogen and oxygen atoms in total. The van der Waals surface area contributed by atoms with Crippen LogP contribution in [0.3, 0.4) is 0 Å². The maximum atomic E-state index is 12.2. The number of nitrogens with zero attached hydrogens (tertiary/aromatic N) is 1. The Labute approximate surface area is 101 Å². The van der Waals surface area contributed by atoms with Crippen molar-refractivity contribution in [3.05, 3.63) is 0 Å². The number of hydrogen-bond acceptors (Lipinski definition) is 4. The topological polar surface area (TPSA) is 52.6 Å². The highest BCUT2D eigenvalue weighted by Crippen LogP contribution is 2.23. The second kappa shape index (κ2) is 5.89. The van der Waals surface area contributed by atoms with Crippen LogP contribution in [-0.4, -0.2) is 52.8 Å². The summed E-state index contributed by atoms with van der Waals surface area (Å²) in [5, 5.41) is 12.1. The molecule has 0 aromatic carbocycles. The Morgan fingerprint density at radius 3 is 3.12 bits per heavy atom. The lowest BCUT2D eigenvalue weighted by molar-refractivity contribution is -0.133. The number of hydrogen-bond donors (Lipinski definition) is 2. The van der Waals surface area contributed by atoms with Crippen LogP contribution in [0.1, 0.15) is 25.7 Å². The number of likely N-dealkylation sites (tertiary alicyclic amines) is 1. The van der Waals surface area contributed by atoms with Gasteiger partial charge in [0, 0.05) is 30.8 Å². The molecule has 2 rings (SSSR count). The van der Waals surface area contributed by atoms with Crippen molar-refractivity contribution >= 4 is 17.7 Å². The smallest absolute Gasteiger partial charge is 0.240 e. The van der Waals surface area contributed by atoms with Crippen molar-refractivity contribution in [3.63, 3.8) is 0 Å². The standard InChI is InChI=1S/C11H20N2O2S/c14-6-2-4-9-3-1-5-13(9)11(15)10-7-16-8-12-10/h9-10,12,14H,1-8H2. The Morgan fingerprint density at radius 1 is 1.56 bits per heavy atom.